The van der Waals surface area contributed by atoms with Crippen molar-refractivity contribution in [1.82, 2.24) is 4.98 Å². The summed E-state index contributed by atoms with van der Waals surface area (Å²) >= 11 is 1.72. The molecule has 0 bridgehead atoms. The van der Waals surface area contributed by atoms with Crippen LogP contribution in [0, 0.1) is 0 Å². The Labute approximate surface area is 105 Å². The Balaban J connectivity index is 0.00000128. The molecule has 1 atom stereocenters. The summed E-state index contributed by atoms with van der Waals surface area (Å²) in [5.41, 5.74) is 6.16. The van der Waals surface area contributed by atoms with Crippen LogP contribution >= 0.6 is 24.2 Å². The van der Waals surface area contributed by atoms with Crippen molar-refractivity contribution in [2.75, 3.05) is 16.8 Å². The first-order valence-corrected chi connectivity index (χ1v) is 5.94. The van der Waals surface area contributed by atoms with Gasteiger partial charge in [0.05, 0.1) is 17.1 Å². The van der Waals surface area contributed by atoms with Gasteiger partial charge in [0.1, 0.15) is 5.82 Å². The Hall–Kier alpha value is -0.940. The van der Waals surface area contributed by atoms with Crippen LogP contribution in [0.5, 0.6) is 0 Å². The maximum absolute atomic E-state index is 11.7. The van der Waals surface area contributed by atoms with E-state index in [9.17, 15) is 4.79 Å². The van der Waals surface area contributed by atoms with E-state index in [4.69, 9.17) is 5.73 Å². The minimum Gasteiger partial charge on any atom is -0.384 e. The lowest BCUT2D eigenvalue weighted by molar-refractivity contribution is -0.115. The lowest BCUT2D eigenvalue weighted by atomic mass is 10.2. The first-order chi connectivity index (χ1) is 7.25. The summed E-state index contributed by atoms with van der Waals surface area (Å²) in [6, 6.07) is 3.44. The summed E-state index contributed by atoms with van der Waals surface area (Å²) in [6.07, 6.45) is 3.68. The zero-order valence-corrected chi connectivity index (χ0v) is 10.3. The Morgan fingerprint density at radius 1 is 1.56 bits per heavy atom. The number of anilines is 2. The summed E-state index contributed by atoms with van der Waals surface area (Å²) < 4.78 is 0. The van der Waals surface area contributed by atoms with Crippen molar-refractivity contribution < 1.29 is 4.79 Å². The van der Waals surface area contributed by atoms with Gasteiger partial charge in [-0.3, -0.25) is 4.79 Å². The molecule has 1 amide bonds. The van der Waals surface area contributed by atoms with Crippen molar-refractivity contribution in [3.8, 4) is 0 Å². The van der Waals surface area contributed by atoms with E-state index < -0.39 is 0 Å². The monoisotopic (exact) mass is 259 g/mol. The van der Waals surface area contributed by atoms with Gasteiger partial charge in [-0.2, -0.15) is 0 Å². The van der Waals surface area contributed by atoms with E-state index in [0.717, 1.165) is 18.6 Å². The highest BCUT2D eigenvalue weighted by molar-refractivity contribution is 8.00. The van der Waals surface area contributed by atoms with E-state index in [-0.39, 0.29) is 23.6 Å². The minimum absolute atomic E-state index is 0. The number of thioether (sulfide) groups is 1. The molecule has 1 aliphatic rings. The number of carbonyl (C=O) groups is 1. The topological polar surface area (TPSA) is 68.0 Å². The molecule has 0 aliphatic carbocycles. The maximum atomic E-state index is 11.7. The average molecular weight is 260 g/mol. The molecule has 2 heterocycles. The summed E-state index contributed by atoms with van der Waals surface area (Å²) in [4.78, 5) is 15.6. The summed E-state index contributed by atoms with van der Waals surface area (Å²) in [5.74, 6) is 1.62. The van der Waals surface area contributed by atoms with Gasteiger partial charge in [0.15, 0.2) is 0 Å². The normalized spacial score (nSPS) is 18.9. The predicted molar refractivity (Wildman–Crippen MR) is 70.0 cm³/mol. The third-order valence-corrected chi connectivity index (χ3v) is 3.65. The molecule has 2 rings (SSSR count). The van der Waals surface area contributed by atoms with Gasteiger partial charge in [-0.25, -0.2) is 4.98 Å². The number of nitrogens with zero attached hydrogens (tertiary/aromatic N) is 1. The SMILES string of the molecule is Cl.Nc1ccc(NC(=O)C2CCCS2)cn1. The second-order valence-corrected chi connectivity index (χ2v) is 4.77. The van der Waals surface area contributed by atoms with Crippen LogP contribution < -0.4 is 11.1 Å². The largest absolute Gasteiger partial charge is 0.384 e. The molecule has 1 fully saturated rings. The zero-order valence-electron chi connectivity index (χ0n) is 8.68. The van der Waals surface area contributed by atoms with E-state index in [2.05, 4.69) is 10.3 Å². The van der Waals surface area contributed by atoms with Crippen LogP contribution in [0.1, 0.15) is 12.8 Å². The third-order valence-electron chi connectivity index (χ3n) is 2.28. The standard InChI is InChI=1S/C10H13N3OS.ClH/c11-9-4-3-7(6-12-9)13-10(14)8-2-1-5-15-8;/h3-4,6,8H,1-2,5H2,(H2,11,12)(H,13,14);1H. The molecule has 0 saturated carbocycles. The number of hydrogen-bond donors (Lipinski definition) is 2. The molecule has 4 nitrogen and oxygen atoms in total. The highest BCUT2D eigenvalue weighted by Gasteiger charge is 2.23. The molecule has 1 aliphatic heterocycles. The number of nitrogens with two attached hydrogens (primary N) is 1. The highest BCUT2D eigenvalue weighted by Crippen LogP contribution is 2.27. The molecule has 1 aromatic heterocycles. The highest BCUT2D eigenvalue weighted by atomic mass is 35.5. The van der Waals surface area contributed by atoms with Gasteiger partial charge < -0.3 is 11.1 Å². The number of carbonyl (C=O) groups excluding carboxylic acids is 1. The van der Waals surface area contributed by atoms with Gasteiger partial charge in [0.25, 0.3) is 0 Å². The van der Waals surface area contributed by atoms with Crippen molar-refractivity contribution in [3.05, 3.63) is 18.3 Å². The first kappa shape index (κ1) is 13.1. The van der Waals surface area contributed by atoms with E-state index in [0.29, 0.717) is 11.5 Å². The van der Waals surface area contributed by atoms with Crippen molar-refractivity contribution in [1.29, 1.82) is 0 Å². The van der Waals surface area contributed by atoms with Gasteiger partial charge in [-0.05, 0) is 30.7 Å². The number of aromatic nitrogens is 1. The molecular formula is C10H14ClN3OS. The van der Waals surface area contributed by atoms with Gasteiger partial charge in [0.2, 0.25) is 5.91 Å². The van der Waals surface area contributed by atoms with Crippen LogP contribution in [-0.4, -0.2) is 21.9 Å². The molecule has 16 heavy (non-hydrogen) atoms. The lowest BCUT2D eigenvalue weighted by Crippen LogP contribution is -2.22. The number of hydrogen-bond acceptors (Lipinski definition) is 4. The average Bonchev–Trinajstić information content (AvgIpc) is 2.74. The zero-order chi connectivity index (χ0) is 10.7. The van der Waals surface area contributed by atoms with Crippen molar-refractivity contribution in [3.63, 3.8) is 0 Å². The third kappa shape index (κ3) is 3.28. The van der Waals surface area contributed by atoms with Crippen LogP contribution in [0.4, 0.5) is 11.5 Å². The number of halogens is 1. The summed E-state index contributed by atoms with van der Waals surface area (Å²) in [5, 5.41) is 2.93. The van der Waals surface area contributed by atoms with Crippen LogP contribution in [0.15, 0.2) is 18.3 Å². The summed E-state index contributed by atoms with van der Waals surface area (Å²) in [6.45, 7) is 0. The quantitative estimate of drug-likeness (QED) is 0.852. The van der Waals surface area contributed by atoms with Gasteiger partial charge in [-0.1, -0.05) is 0 Å². The van der Waals surface area contributed by atoms with Crippen molar-refractivity contribution in [2.45, 2.75) is 18.1 Å². The van der Waals surface area contributed by atoms with Crippen molar-refractivity contribution >= 4 is 41.6 Å². The summed E-state index contributed by atoms with van der Waals surface area (Å²) in [7, 11) is 0. The van der Waals surface area contributed by atoms with Gasteiger partial charge in [-0.15, -0.1) is 24.2 Å². The molecule has 0 aromatic carbocycles. The Bertz CT molecular complexity index is 352. The van der Waals surface area contributed by atoms with Crippen molar-refractivity contribution in [2.24, 2.45) is 0 Å². The number of nitrogens with one attached hydrogen (secondary N) is 1. The minimum atomic E-state index is 0. The molecule has 3 N–H and O–H groups in total. The van der Waals surface area contributed by atoms with E-state index >= 15 is 0 Å². The number of rotatable bonds is 2. The molecule has 1 unspecified atom stereocenters. The van der Waals surface area contributed by atoms with E-state index in [1.807, 2.05) is 0 Å². The van der Waals surface area contributed by atoms with Gasteiger partial charge >= 0.3 is 0 Å². The molecule has 1 saturated heterocycles. The molecular weight excluding hydrogens is 246 g/mol. The lowest BCUT2D eigenvalue weighted by Gasteiger charge is -2.09. The fourth-order valence-corrected chi connectivity index (χ4v) is 2.65. The maximum Gasteiger partial charge on any atom is 0.237 e. The predicted octanol–water partition coefficient (Wildman–Crippen LogP) is 1.92. The van der Waals surface area contributed by atoms with E-state index in [1.165, 1.54) is 0 Å². The van der Waals surface area contributed by atoms with Crippen LogP contribution in [0.25, 0.3) is 0 Å². The second kappa shape index (κ2) is 5.96. The smallest absolute Gasteiger partial charge is 0.237 e. The molecule has 6 heteroatoms. The Morgan fingerprint density at radius 2 is 2.38 bits per heavy atom. The number of nitrogen functional groups attached to an aromatic ring is 1. The number of pyridine rings is 1. The van der Waals surface area contributed by atoms with E-state index in [1.54, 1.807) is 30.1 Å². The molecule has 0 spiro atoms. The van der Waals surface area contributed by atoms with Crippen LogP contribution in [-0.2, 0) is 4.79 Å². The molecule has 88 valence electrons. The second-order valence-electron chi connectivity index (χ2n) is 3.46. The number of amides is 1. The Kier molecular flexibility index (Phi) is 4.89. The van der Waals surface area contributed by atoms with Crippen LogP contribution in [0.2, 0.25) is 0 Å². The molecule has 1 aromatic rings. The van der Waals surface area contributed by atoms with Gasteiger partial charge in [0, 0.05) is 0 Å². The Morgan fingerprint density at radius 3 is 2.94 bits per heavy atom. The first-order valence-electron chi connectivity index (χ1n) is 4.90. The fourth-order valence-electron chi connectivity index (χ4n) is 1.49. The molecule has 0 radical (unpaired) electrons. The fraction of sp³-hybridized carbons (Fsp3) is 0.400. The van der Waals surface area contributed by atoms with Crippen LogP contribution in [0.3, 0.4) is 0 Å².